The van der Waals surface area contributed by atoms with Crippen molar-refractivity contribution in [2.24, 2.45) is 0 Å². The molecular formula is C18H30N4. The molecule has 2 aliphatic rings. The molecule has 0 unspecified atom stereocenters. The topological polar surface area (TPSA) is 22.6 Å². The monoisotopic (exact) mass is 302 g/mol. The highest BCUT2D eigenvalue weighted by molar-refractivity contribution is 5.40. The summed E-state index contributed by atoms with van der Waals surface area (Å²) < 4.78 is 0. The molecule has 0 spiro atoms. The zero-order valence-electron chi connectivity index (χ0n) is 14.2. The molecule has 0 N–H and O–H groups in total. The molecule has 122 valence electrons. The Bertz CT molecular complexity index is 451. The molecule has 1 aromatic rings. The summed E-state index contributed by atoms with van der Waals surface area (Å²) in [5.41, 5.74) is 1.41. The lowest BCUT2D eigenvalue weighted by atomic mass is 10.1. The summed E-state index contributed by atoms with van der Waals surface area (Å²) in [5, 5.41) is 0. The van der Waals surface area contributed by atoms with Crippen LogP contribution in [-0.2, 0) is 0 Å². The molecule has 0 aliphatic carbocycles. The van der Waals surface area contributed by atoms with Crippen LogP contribution in [-0.4, -0.2) is 61.1 Å². The van der Waals surface area contributed by atoms with Crippen molar-refractivity contribution < 1.29 is 0 Å². The van der Waals surface area contributed by atoms with Gasteiger partial charge in [-0.25, -0.2) is 4.98 Å². The van der Waals surface area contributed by atoms with Gasteiger partial charge in [0, 0.05) is 38.4 Å². The van der Waals surface area contributed by atoms with E-state index in [1.165, 1.54) is 44.3 Å². The maximum absolute atomic E-state index is 4.77. The molecule has 1 aromatic heterocycles. The molecule has 4 nitrogen and oxygen atoms in total. The zero-order chi connectivity index (χ0) is 15.4. The van der Waals surface area contributed by atoms with E-state index in [2.05, 4.69) is 47.0 Å². The van der Waals surface area contributed by atoms with Crippen molar-refractivity contribution in [3.05, 3.63) is 23.9 Å². The number of piperazine rings is 1. The molecule has 22 heavy (non-hydrogen) atoms. The number of aromatic nitrogens is 1. The molecule has 0 radical (unpaired) electrons. The van der Waals surface area contributed by atoms with Gasteiger partial charge in [0.1, 0.15) is 5.82 Å². The van der Waals surface area contributed by atoms with E-state index in [0.717, 1.165) is 32.0 Å². The quantitative estimate of drug-likeness (QED) is 0.834. The van der Waals surface area contributed by atoms with E-state index in [1.807, 2.05) is 0 Å². The third-order valence-electron chi connectivity index (χ3n) is 5.15. The Hall–Kier alpha value is -1.13. The predicted octanol–water partition coefficient (Wildman–Crippen LogP) is 2.77. The van der Waals surface area contributed by atoms with E-state index < -0.39 is 0 Å². The number of pyridine rings is 1. The van der Waals surface area contributed by atoms with Crippen LogP contribution in [0.5, 0.6) is 0 Å². The van der Waals surface area contributed by atoms with Crippen LogP contribution < -0.4 is 4.90 Å². The van der Waals surface area contributed by atoms with E-state index >= 15 is 0 Å². The largest absolute Gasteiger partial charge is 0.354 e. The highest BCUT2D eigenvalue weighted by atomic mass is 15.3. The Morgan fingerprint density at radius 1 is 1.14 bits per heavy atom. The van der Waals surface area contributed by atoms with Crippen LogP contribution in [0.4, 0.5) is 5.82 Å². The number of rotatable bonds is 5. The fraction of sp³-hybridized carbons (Fsp3) is 0.722. The summed E-state index contributed by atoms with van der Waals surface area (Å²) >= 11 is 0. The van der Waals surface area contributed by atoms with Crippen molar-refractivity contribution in [3.63, 3.8) is 0 Å². The van der Waals surface area contributed by atoms with E-state index in [1.54, 1.807) is 0 Å². The van der Waals surface area contributed by atoms with Gasteiger partial charge in [0.15, 0.2) is 0 Å². The van der Waals surface area contributed by atoms with Crippen molar-refractivity contribution >= 4 is 5.82 Å². The van der Waals surface area contributed by atoms with Crippen LogP contribution in [0, 0.1) is 0 Å². The van der Waals surface area contributed by atoms with Gasteiger partial charge in [-0.1, -0.05) is 19.4 Å². The average Bonchev–Trinajstić information content (AvgIpc) is 3.02. The lowest BCUT2D eigenvalue weighted by molar-refractivity contribution is 0.253. The van der Waals surface area contributed by atoms with Gasteiger partial charge >= 0.3 is 0 Å². The maximum atomic E-state index is 4.77. The summed E-state index contributed by atoms with van der Waals surface area (Å²) in [6.45, 7) is 9.22. The first kappa shape index (κ1) is 15.8. The van der Waals surface area contributed by atoms with Crippen LogP contribution >= 0.6 is 0 Å². The predicted molar refractivity (Wildman–Crippen MR) is 92.4 cm³/mol. The first-order chi connectivity index (χ1) is 10.8. The van der Waals surface area contributed by atoms with Gasteiger partial charge in [0.2, 0.25) is 0 Å². The van der Waals surface area contributed by atoms with Gasteiger partial charge in [-0.05, 0) is 51.0 Å². The molecule has 2 saturated heterocycles. The fourth-order valence-corrected chi connectivity index (χ4v) is 3.65. The average molecular weight is 302 g/mol. The molecule has 4 heteroatoms. The normalized spacial score (nSPS) is 24.1. The number of unbranched alkanes of at least 4 members (excludes halogenated alkanes) is 1. The van der Waals surface area contributed by atoms with Crippen LogP contribution in [0.1, 0.15) is 44.2 Å². The van der Waals surface area contributed by atoms with Gasteiger partial charge in [0.25, 0.3) is 0 Å². The molecule has 0 aromatic carbocycles. The van der Waals surface area contributed by atoms with Crippen LogP contribution in [0.3, 0.4) is 0 Å². The molecule has 0 bridgehead atoms. The van der Waals surface area contributed by atoms with E-state index in [4.69, 9.17) is 4.98 Å². The van der Waals surface area contributed by atoms with Gasteiger partial charge in [-0.3, -0.25) is 4.90 Å². The number of likely N-dealkylation sites (tertiary alicyclic amines) is 1. The van der Waals surface area contributed by atoms with Crippen LogP contribution in [0.25, 0.3) is 0 Å². The van der Waals surface area contributed by atoms with Gasteiger partial charge in [-0.2, -0.15) is 0 Å². The van der Waals surface area contributed by atoms with Crippen molar-refractivity contribution in [2.75, 3.05) is 51.2 Å². The minimum Gasteiger partial charge on any atom is -0.354 e. The Kier molecular flexibility index (Phi) is 5.32. The minimum atomic E-state index is 0.598. The van der Waals surface area contributed by atoms with E-state index in [9.17, 15) is 0 Å². The highest BCUT2D eigenvalue weighted by Gasteiger charge is 2.25. The lowest BCUT2D eigenvalue weighted by Crippen LogP contribution is -2.44. The van der Waals surface area contributed by atoms with Gasteiger partial charge < -0.3 is 9.80 Å². The highest BCUT2D eigenvalue weighted by Crippen LogP contribution is 2.32. The SMILES string of the molecule is CCCCN1CCC[C@H]1c1ccc(N2CCN(C)CC2)nc1. The first-order valence-electron chi connectivity index (χ1n) is 8.91. The lowest BCUT2D eigenvalue weighted by Gasteiger charge is -2.33. The fourth-order valence-electron chi connectivity index (χ4n) is 3.65. The molecule has 0 amide bonds. The maximum Gasteiger partial charge on any atom is 0.128 e. The molecule has 2 fully saturated rings. The second kappa shape index (κ2) is 7.42. The Labute approximate surface area is 135 Å². The Morgan fingerprint density at radius 2 is 1.95 bits per heavy atom. The third kappa shape index (κ3) is 3.61. The van der Waals surface area contributed by atoms with E-state index in [-0.39, 0.29) is 0 Å². The number of hydrogen-bond donors (Lipinski definition) is 0. The molecule has 3 heterocycles. The molecule has 3 rings (SSSR count). The summed E-state index contributed by atoms with van der Waals surface area (Å²) in [4.78, 5) is 12.2. The van der Waals surface area contributed by atoms with Crippen molar-refractivity contribution in [1.29, 1.82) is 0 Å². The molecule has 1 atom stereocenters. The number of nitrogens with zero attached hydrogens (tertiary/aromatic N) is 4. The summed E-state index contributed by atoms with van der Waals surface area (Å²) in [6.07, 6.45) is 7.34. The van der Waals surface area contributed by atoms with Crippen LogP contribution in [0.2, 0.25) is 0 Å². The molecule has 0 saturated carbocycles. The number of anilines is 1. The standard InChI is InChI=1S/C18H30N4/c1-3-4-9-21-10-5-6-17(21)16-7-8-18(19-15-16)22-13-11-20(2)12-14-22/h7-8,15,17H,3-6,9-14H2,1-2H3/t17-/m0/s1. The Morgan fingerprint density at radius 3 is 2.64 bits per heavy atom. The van der Waals surface area contributed by atoms with Gasteiger partial charge in [-0.15, -0.1) is 0 Å². The third-order valence-corrected chi connectivity index (χ3v) is 5.15. The van der Waals surface area contributed by atoms with E-state index in [0.29, 0.717) is 6.04 Å². The van der Waals surface area contributed by atoms with Crippen molar-refractivity contribution in [1.82, 2.24) is 14.8 Å². The second-order valence-electron chi connectivity index (χ2n) is 6.79. The number of likely N-dealkylation sites (N-methyl/N-ethyl adjacent to an activating group) is 1. The summed E-state index contributed by atoms with van der Waals surface area (Å²) in [6, 6.07) is 5.15. The Balaban J connectivity index is 1.63. The summed E-state index contributed by atoms with van der Waals surface area (Å²) in [7, 11) is 2.19. The zero-order valence-corrected chi connectivity index (χ0v) is 14.2. The van der Waals surface area contributed by atoms with Crippen molar-refractivity contribution in [3.8, 4) is 0 Å². The second-order valence-corrected chi connectivity index (χ2v) is 6.79. The van der Waals surface area contributed by atoms with Gasteiger partial charge in [0.05, 0.1) is 0 Å². The summed E-state index contributed by atoms with van der Waals surface area (Å²) in [5.74, 6) is 1.15. The number of hydrogen-bond acceptors (Lipinski definition) is 4. The minimum absolute atomic E-state index is 0.598. The van der Waals surface area contributed by atoms with Crippen molar-refractivity contribution in [2.45, 2.75) is 38.6 Å². The molecular weight excluding hydrogens is 272 g/mol. The first-order valence-corrected chi connectivity index (χ1v) is 8.91. The molecule has 2 aliphatic heterocycles. The smallest absolute Gasteiger partial charge is 0.128 e. The van der Waals surface area contributed by atoms with Crippen LogP contribution in [0.15, 0.2) is 18.3 Å².